The number of carbonyl (C=O) groups excluding carboxylic acids is 1. The van der Waals surface area contributed by atoms with Gasteiger partial charge in [0.2, 0.25) is 0 Å². The average molecular weight is 350 g/mol. The summed E-state index contributed by atoms with van der Waals surface area (Å²) in [6.45, 7) is 0. The van der Waals surface area contributed by atoms with Crippen LogP contribution in [-0.4, -0.2) is 25.7 Å². The highest BCUT2D eigenvalue weighted by Gasteiger charge is 2.15. The molecule has 0 amide bonds. The molecule has 0 radical (unpaired) electrons. The zero-order valence-corrected chi connectivity index (χ0v) is 13.9. The average Bonchev–Trinajstić information content (AvgIpc) is 2.64. The van der Waals surface area contributed by atoms with Crippen molar-refractivity contribution in [2.24, 2.45) is 9.39 Å². The normalized spacial score (nSPS) is 14.6. The van der Waals surface area contributed by atoms with Gasteiger partial charge in [0.25, 0.3) is 10.0 Å². The molecule has 0 saturated heterocycles. The molecule has 0 heterocycles. The molecule has 2 aromatic carbocycles. The SMILES string of the molecule is O=C1C=CC(=N/C(=N/S(=O)(=O)c2ccccc2)c2ccccc2)C=C1. The molecule has 0 unspecified atom stereocenters. The zero-order valence-electron chi connectivity index (χ0n) is 13.1. The van der Waals surface area contributed by atoms with E-state index in [-0.39, 0.29) is 16.5 Å². The fourth-order valence-corrected chi connectivity index (χ4v) is 3.11. The van der Waals surface area contributed by atoms with E-state index in [0.717, 1.165) is 0 Å². The van der Waals surface area contributed by atoms with Crippen LogP contribution in [0.3, 0.4) is 0 Å². The van der Waals surface area contributed by atoms with Crippen LogP contribution in [0.5, 0.6) is 0 Å². The third kappa shape index (κ3) is 4.24. The third-order valence-electron chi connectivity index (χ3n) is 3.35. The molecule has 124 valence electrons. The molecule has 1 aliphatic rings. The Bertz CT molecular complexity index is 985. The number of nitrogens with zero attached hydrogens (tertiary/aromatic N) is 2. The van der Waals surface area contributed by atoms with Crippen molar-refractivity contribution in [3.8, 4) is 0 Å². The van der Waals surface area contributed by atoms with E-state index in [1.54, 1.807) is 42.5 Å². The minimum atomic E-state index is -3.90. The number of carbonyl (C=O) groups is 1. The molecule has 6 heteroatoms. The topological polar surface area (TPSA) is 75.9 Å². The Morgan fingerprint density at radius 2 is 1.32 bits per heavy atom. The second-order valence-corrected chi connectivity index (χ2v) is 6.78. The Morgan fingerprint density at radius 1 is 0.760 bits per heavy atom. The molecule has 0 aromatic heterocycles. The van der Waals surface area contributed by atoms with Crippen LogP contribution in [0, 0.1) is 0 Å². The van der Waals surface area contributed by atoms with Gasteiger partial charge in [0.1, 0.15) is 0 Å². The van der Waals surface area contributed by atoms with Crippen LogP contribution < -0.4 is 0 Å². The molecular formula is C19H14N2O3S. The number of aliphatic imine (C=N–C) groups is 1. The van der Waals surface area contributed by atoms with Crippen molar-refractivity contribution in [1.29, 1.82) is 0 Å². The highest BCUT2D eigenvalue weighted by atomic mass is 32.2. The van der Waals surface area contributed by atoms with Crippen LogP contribution in [0.25, 0.3) is 0 Å². The third-order valence-corrected chi connectivity index (χ3v) is 4.63. The molecule has 25 heavy (non-hydrogen) atoms. The maximum absolute atomic E-state index is 12.6. The molecule has 0 spiro atoms. The lowest BCUT2D eigenvalue weighted by Gasteiger charge is -2.05. The van der Waals surface area contributed by atoms with Crippen molar-refractivity contribution >= 4 is 27.4 Å². The van der Waals surface area contributed by atoms with E-state index in [2.05, 4.69) is 9.39 Å². The fraction of sp³-hybridized carbons (Fsp3) is 0. The fourth-order valence-electron chi connectivity index (χ4n) is 2.13. The van der Waals surface area contributed by atoms with Gasteiger partial charge >= 0.3 is 0 Å². The predicted octanol–water partition coefficient (Wildman–Crippen LogP) is 2.96. The van der Waals surface area contributed by atoms with Gasteiger partial charge in [-0.15, -0.1) is 4.40 Å². The first-order valence-electron chi connectivity index (χ1n) is 7.49. The summed E-state index contributed by atoms with van der Waals surface area (Å²) in [6.07, 6.45) is 5.78. The number of hydrogen-bond donors (Lipinski definition) is 0. The summed E-state index contributed by atoms with van der Waals surface area (Å²) in [5, 5.41) is 0. The van der Waals surface area contributed by atoms with Crippen LogP contribution in [0.1, 0.15) is 5.56 Å². The van der Waals surface area contributed by atoms with Crippen molar-refractivity contribution in [2.45, 2.75) is 4.90 Å². The van der Waals surface area contributed by atoms with Gasteiger partial charge in [0, 0.05) is 5.56 Å². The first-order chi connectivity index (χ1) is 12.0. The van der Waals surface area contributed by atoms with Gasteiger partial charge in [-0.1, -0.05) is 48.5 Å². The van der Waals surface area contributed by atoms with Crippen molar-refractivity contribution < 1.29 is 13.2 Å². The number of amidine groups is 1. The Balaban J connectivity index is 2.09. The molecule has 0 aliphatic heterocycles. The second kappa shape index (κ2) is 7.19. The number of allylic oxidation sites excluding steroid dienone is 4. The van der Waals surface area contributed by atoms with Gasteiger partial charge in [0.05, 0.1) is 10.6 Å². The molecule has 0 N–H and O–H groups in total. The monoisotopic (exact) mass is 350 g/mol. The lowest BCUT2D eigenvalue weighted by Crippen LogP contribution is -2.08. The van der Waals surface area contributed by atoms with E-state index in [1.807, 2.05) is 6.07 Å². The molecule has 0 bridgehead atoms. The molecule has 3 rings (SSSR count). The number of ketones is 1. The van der Waals surface area contributed by atoms with E-state index in [0.29, 0.717) is 11.3 Å². The summed E-state index contributed by atoms with van der Waals surface area (Å²) in [4.78, 5) is 15.6. The minimum Gasteiger partial charge on any atom is -0.290 e. The number of benzene rings is 2. The zero-order chi connectivity index (χ0) is 17.7. The molecule has 0 saturated carbocycles. The molecule has 0 fully saturated rings. The Morgan fingerprint density at radius 3 is 1.92 bits per heavy atom. The van der Waals surface area contributed by atoms with Crippen molar-refractivity contribution in [1.82, 2.24) is 0 Å². The van der Waals surface area contributed by atoms with Gasteiger partial charge in [-0.2, -0.15) is 8.42 Å². The Hall–Kier alpha value is -3.12. The summed E-state index contributed by atoms with van der Waals surface area (Å²) in [6, 6.07) is 16.8. The smallest absolute Gasteiger partial charge is 0.284 e. The second-order valence-electron chi connectivity index (χ2n) is 5.17. The van der Waals surface area contributed by atoms with Gasteiger partial charge in [-0.3, -0.25) is 4.79 Å². The summed E-state index contributed by atoms with van der Waals surface area (Å²) < 4.78 is 29.0. The minimum absolute atomic E-state index is 0.0584. The molecular weight excluding hydrogens is 336 g/mol. The maximum atomic E-state index is 12.6. The van der Waals surface area contributed by atoms with Crippen LogP contribution in [0.2, 0.25) is 0 Å². The van der Waals surface area contributed by atoms with E-state index >= 15 is 0 Å². The molecule has 1 aliphatic carbocycles. The summed E-state index contributed by atoms with van der Waals surface area (Å²) in [5.41, 5.74) is 1.01. The van der Waals surface area contributed by atoms with Gasteiger partial charge in [-0.25, -0.2) is 4.99 Å². The van der Waals surface area contributed by atoms with Crippen LogP contribution >= 0.6 is 0 Å². The molecule has 2 aromatic rings. The van der Waals surface area contributed by atoms with Crippen LogP contribution in [0.4, 0.5) is 0 Å². The highest BCUT2D eigenvalue weighted by molar-refractivity contribution is 7.90. The van der Waals surface area contributed by atoms with Crippen molar-refractivity contribution in [2.75, 3.05) is 0 Å². The van der Waals surface area contributed by atoms with Gasteiger partial charge < -0.3 is 0 Å². The van der Waals surface area contributed by atoms with Gasteiger partial charge in [-0.05, 0) is 36.4 Å². The number of rotatable bonds is 3. The molecule has 0 atom stereocenters. The lowest BCUT2D eigenvalue weighted by atomic mass is 10.1. The van der Waals surface area contributed by atoms with E-state index in [1.165, 1.54) is 36.4 Å². The summed E-state index contributed by atoms with van der Waals surface area (Å²) in [5.74, 6) is -0.0860. The lowest BCUT2D eigenvalue weighted by molar-refractivity contribution is -0.110. The summed E-state index contributed by atoms with van der Waals surface area (Å²) in [7, 11) is -3.90. The van der Waals surface area contributed by atoms with E-state index in [9.17, 15) is 13.2 Å². The number of hydrogen-bond acceptors (Lipinski definition) is 3. The summed E-state index contributed by atoms with van der Waals surface area (Å²) >= 11 is 0. The van der Waals surface area contributed by atoms with Crippen LogP contribution in [0.15, 0.2) is 99.3 Å². The first-order valence-corrected chi connectivity index (χ1v) is 8.93. The van der Waals surface area contributed by atoms with E-state index in [4.69, 9.17) is 0 Å². The van der Waals surface area contributed by atoms with Gasteiger partial charge in [0.15, 0.2) is 11.6 Å². The van der Waals surface area contributed by atoms with Crippen molar-refractivity contribution in [3.63, 3.8) is 0 Å². The standard InChI is InChI=1S/C19H14N2O3S/c22-17-13-11-16(12-14-17)20-19(15-7-3-1-4-8-15)21-25(23,24)18-9-5-2-6-10-18/h1-14H/b21-19+. The van der Waals surface area contributed by atoms with E-state index < -0.39 is 10.0 Å². The number of sulfonamides is 1. The van der Waals surface area contributed by atoms with Crippen molar-refractivity contribution in [3.05, 3.63) is 90.5 Å². The molecule has 5 nitrogen and oxygen atoms in total. The quantitative estimate of drug-likeness (QED) is 0.485. The highest BCUT2D eigenvalue weighted by Crippen LogP contribution is 2.14. The Labute approximate surface area is 145 Å². The first kappa shape index (κ1) is 16.7. The predicted molar refractivity (Wildman–Crippen MR) is 97.3 cm³/mol. The largest absolute Gasteiger partial charge is 0.290 e. The Kier molecular flexibility index (Phi) is 4.81. The maximum Gasteiger partial charge on any atom is 0.284 e. The van der Waals surface area contributed by atoms with Crippen LogP contribution in [-0.2, 0) is 14.8 Å².